The summed E-state index contributed by atoms with van der Waals surface area (Å²) >= 11 is 5.87. The lowest BCUT2D eigenvalue weighted by molar-refractivity contribution is 0.190. The number of nitrogens with one attached hydrogen (secondary N) is 1. The lowest BCUT2D eigenvalue weighted by atomic mass is 10.3. The van der Waals surface area contributed by atoms with Crippen molar-refractivity contribution in [1.82, 2.24) is 9.55 Å². The van der Waals surface area contributed by atoms with Crippen molar-refractivity contribution in [2.75, 3.05) is 19.0 Å². The van der Waals surface area contributed by atoms with Crippen LogP contribution in [0, 0.1) is 6.92 Å². The Morgan fingerprint density at radius 2 is 2.05 bits per heavy atom. The highest BCUT2D eigenvalue weighted by molar-refractivity contribution is 6.30. The molecular formula is C14H18ClN3O. The summed E-state index contributed by atoms with van der Waals surface area (Å²) < 4.78 is 7.17. The second kappa shape index (κ2) is 6.59. The number of imidazole rings is 1. The van der Waals surface area contributed by atoms with Crippen LogP contribution in [0.1, 0.15) is 12.1 Å². The summed E-state index contributed by atoms with van der Waals surface area (Å²) in [5.41, 5.74) is 1.97. The summed E-state index contributed by atoms with van der Waals surface area (Å²) in [7, 11) is 1.71. The number of ether oxygens (including phenoxy) is 1. The van der Waals surface area contributed by atoms with Gasteiger partial charge in [-0.15, -0.1) is 0 Å². The zero-order chi connectivity index (χ0) is 13.7. The van der Waals surface area contributed by atoms with Crippen LogP contribution in [-0.2, 0) is 11.3 Å². The molecule has 0 aliphatic rings. The maximum absolute atomic E-state index is 5.87. The number of methoxy groups -OCH3 is 1. The van der Waals surface area contributed by atoms with E-state index in [4.69, 9.17) is 16.3 Å². The highest BCUT2D eigenvalue weighted by Gasteiger charge is 2.05. The summed E-state index contributed by atoms with van der Waals surface area (Å²) in [5.74, 6) is 0.843. The molecule has 0 fully saturated rings. The van der Waals surface area contributed by atoms with Gasteiger partial charge in [-0.2, -0.15) is 0 Å². The first-order chi connectivity index (χ1) is 9.19. The van der Waals surface area contributed by atoms with Gasteiger partial charge in [0.05, 0.1) is 5.69 Å². The highest BCUT2D eigenvalue weighted by Crippen LogP contribution is 2.19. The van der Waals surface area contributed by atoms with Crippen LogP contribution in [0.2, 0.25) is 5.02 Å². The van der Waals surface area contributed by atoms with Gasteiger partial charge in [0.1, 0.15) is 0 Å². The molecular weight excluding hydrogens is 262 g/mol. The quantitative estimate of drug-likeness (QED) is 0.821. The molecule has 0 aliphatic carbocycles. The summed E-state index contributed by atoms with van der Waals surface area (Å²) in [6.07, 6.45) is 3.00. The predicted molar refractivity (Wildman–Crippen MR) is 78.2 cm³/mol. The van der Waals surface area contributed by atoms with Crippen molar-refractivity contribution in [3.63, 3.8) is 0 Å². The van der Waals surface area contributed by atoms with Gasteiger partial charge in [-0.3, -0.25) is 0 Å². The predicted octanol–water partition coefficient (Wildman–Crippen LogP) is 3.63. The third-order valence-corrected chi connectivity index (χ3v) is 3.00. The lowest BCUT2D eigenvalue weighted by Crippen LogP contribution is -2.05. The first kappa shape index (κ1) is 13.9. The lowest BCUT2D eigenvalue weighted by Gasteiger charge is -2.09. The van der Waals surface area contributed by atoms with Crippen molar-refractivity contribution in [1.29, 1.82) is 0 Å². The number of aryl methyl sites for hydroxylation is 2. The Labute approximate surface area is 118 Å². The van der Waals surface area contributed by atoms with Crippen molar-refractivity contribution in [2.24, 2.45) is 0 Å². The number of benzene rings is 1. The number of hydrogen-bond acceptors (Lipinski definition) is 3. The molecule has 19 heavy (non-hydrogen) atoms. The molecule has 1 aromatic carbocycles. The second-order valence-electron chi connectivity index (χ2n) is 4.38. The largest absolute Gasteiger partial charge is 0.385 e. The Morgan fingerprint density at radius 3 is 2.74 bits per heavy atom. The summed E-state index contributed by atoms with van der Waals surface area (Å²) in [5, 5.41) is 4.03. The minimum atomic E-state index is 0.727. The smallest absolute Gasteiger partial charge is 0.207 e. The van der Waals surface area contributed by atoms with Crippen LogP contribution in [0.4, 0.5) is 11.6 Å². The van der Waals surface area contributed by atoms with E-state index < -0.39 is 0 Å². The van der Waals surface area contributed by atoms with E-state index in [1.165, 1.54) is 0 Å². The van der Waals surface area contributed by atoms with Crippen molar-refractivity contribution < 1.29 is 4.74 Å². The van der Waals surface area contributed by atoms with Crippen molar-refractivity contribution >= 4 is 23.2 Å². The molecule has 2 rings (SSSR count). The van der Waals surface area contributed by atoms with Gasteiger partial charge in [-0.25, -0.2) is 4.98 Å². The highest BCUT2D eigenvalue weighted by atomic mass is 35.5. The second-order valence-corrected chi connectivity index (χ2v) is 4.81. The average Bonchev–Trinajstić information content (AvgIpc) is 2.73. The van der Waals surface area contributed by atoms with Gasteiger partial charge in [0.15, 0.2) is 0 Å². The molecule has 0 saturated carbocycles. The number of halogens is 1. The standard InChI is InChI=1S/C14H18ClN3O/c1-11-10-18(8-3-9-19-2)14(16-11)17-13-6-4-12(15)5-7-13/h4-7,10H,3,8-9H2,1-2H3,(H,16,17). The maximum atomic E-state index is 5.87. The monoisotopic (exact) mass is 279 g/mol. The van der Waals surface area contributed by atoms with E-state index in [1.54, 1.807) is 7.11 Å². The third kappa shape index (κ3) is 3.98. The van der Waals surface area contributed by atoms with Gasteiger partial charge in [0.2, 0.25) is 5.95 Å². The Morgan fingerprint density at radius 1 is 1.32 bits per heavy atom. The molecule has 0 bridgehead atoms. The van der Waals surface area contributed by atoms with Crippen molar-refractivity contribution in [2.45, 2.75) is 19.9 Å². The molecule has 1 N–H and O–H groups in total. The minimum absolute atomic E-state index is 0.727. The minimum Gasteiger partial charge on any atom is -0.385 e. The Hall–Kier alpha value is -1.52. The fourth-order valence-corrected chi connectivity index (χ4v) is 1.98. The summed E-state index contributed by atoms with van der Waals surface area (Å²) in [4.78, 5) is 4.49. The molecule has 5 heteroatoms. The van der Waals surface area contributed by atoms with Crippen LogP contribution in [-0.4, -0.2) is 23.3 Å². The molecule has 102 valence electrons. The molecule has 1 aromatic heterocycles. The van der Waals surface area contributed by atoms with Crippen LogP contribution < -0.4 is 5.32 Å². The van der Waals surface area contributed by atoms with Gasteiger partial charge in [0, 0.05) is 37.2 Å². The normalized spacial score (nSPS) is 10.7. The number of rotatable bonds is 6. The fraction of sp³-hybridized carbons (Fsp3) is 0.357. The van der Waals surface area contributed by atoms with Gasteiger partial charge >= 0.3 is 0 Å². The Balaban J connectivity index is 2.08. The zero-order valence-corrected chi connectivity index (χ0v) is 11.9. The molecule has 0 unspecified atom stereocenters. The fourth-order valence-electron chi connectivity index (χ4n) is 1.86. The third-order valence-electron chi connectivity index (χ3n) is 2.74. The zero-order valence-electron chi connectivity index (χ0n) is 11.2. The summed E-state index contributed by atoms with van der Waals surface area (Å²) in [6, 6.07) is 7.58. The molecule has 0 atom stereocenters. The number of nitrogens with zero attached hydrogens (tertiary/aromatic N) is 2. The Kier molecular flexibility index (Phi) is 4.82. The SMILES string of the molecule is COCCCn1cc(C)nc1Nc1ccc(Cl)cc1. The van der Waals surface area contributed by atoms with E-state index in [9.17, 15) is 0 Å². The van der Waals surface area contributed by atoms with Gasteiger partial charge < -0.3 is 14.6 Å². The van der Waals surface area contributed by atoms with Crippen molar-refractivity contribution in [3.8, 4) is 0 Å². The van der Waals surface area contributed by atoms with E-state index in [-0.39, 0.29) is 0 Å². The molecule has 0 radical (unpaired) electrons. The molecule has 0 aliphatic heterocycles. The number of hydrogen-bond donors (Lipinski definition) is 1. The van der Waals surface area contributed by atoms with E-state index in [1.807, 2.05) is 37.4 Å². The molecule has 1 heterocycles. The van der Waals surface area contributed by atoms with Gasteiger partial charge in [0.25, 0.3) is 0 Å². The van der Waals surface area contributed by atoms with Crippen molar-refractivity contribution in [3.05, 3.63) is 41.2 Å². The van der Waals surface area contributed by atoms with E-state index >= 15 is 0 Å². The van der Waals surface area contributed by atoms with Crippen LogP contribution in [0.3, 0.4) is 0 Å². The first-order valence-corrected chi connectivity index (χ1v) is 6.62. The number of aromatic nitrogens is 2. The van der Waals surface area contributed by atoms with Crippen LogP contribution in [0.15, 0.2) is 30.5 Å². The molecule has 4 nitrogen and oxygen atoms in total. The first-order valence-electron chi connectivity index (χ1n) is 6.24. The van der Waals surface area contributed by atoms with E-state index in [2.05, 4.69) is 14.9 Å². The topological polar surface area (TPSA) is 39.1 Å². The Bertz CT molecular complexity index is 522. The van der Waals surface area contributed by atoms with E-state index in [0.29, 0.717) is 0 Å². The summed E-state index contributed by atoms with van der Waals surface area (Å²) in [6.45, 7) is 3.61. The average molecular weight is 280 g/mol. The molecule has 0 amide bonds. The maximum Gasteiger partial charge on any atom is 0.207 e. The van der Waals surface area contributed by atoms with Crippen LogP contribution >= 0.6 is 11.6 Å². The van der Waals surface area contributed by atoms with Crippen LogP contribution in [0.25, 0.3) is 0 Å². The van der Waals surface area contributed by atoms with Crippen LogP contribution in [0.5, 0.6) is 0 Å². The van der Waals surface area contributed by atoms with Gasteiger partial charge in [-0.1, -0.05) is 11.6 Å². The van der Waals surface area contributed by atoms with Gasteiger partial charge in [-0.05, 0) is 37.6 Å². The van der Waals surface area contributed by atoms with E-state index in [0.717, 1.165) is 41.9 Å². The molecule has 2 aromatic rings. The molecule has 0 saturated heterocycles. The number of anilines is 2. The molecule has 0 spiro atoms.